The summed E-state index contributed by atoms with van der Waals surface area (Å²) in [4.78, 5) is 27.0. The molecule has 24 heavy (non-hydrogen) atoms. The zero-order valence-corrected chi connectivity index (χ0v) is 15.8. The minimum Gasteiger partial charge on any atom is -0.352 e. The van der Waals surface area contributed by atoms with E-state index >= 15 is 0 Å². The monoisotopic (exact) mass is 332 g/mol. The molecule has 0 saturated carbocycles. The first kappa shape index (κ1) is 20.2. The number of aryl methyl sites for hydroxylation is 1. The minimum atomic E-state index is -0.417. The van der Waals surface area contributed by atoms with Crippen LogP contribution in [0.2, 0.25) is 0 Å². The lowest BCUT2D eigenvalue weighted by molar-refractivity contribution is -0.141. The van der Waals surface area contributed by atoms with E-state index in [1.807, 2.05) is 58.9 Å². The summed E-state index contributed by atoms with van der Waals surface area (Å²) in [6, 6.07) is 7.84. The fraction of sp³-hybridized carbons (Fsp3) is 0.600. The van der Waals surface area contributed by atoms with Gasteiger partial charge in [-0.25, -0.2) is 0 Å². The van der Waals surface area contributed by atoms with Gasteiger partial charge >= 0.3 is 0 Å². The van der Waals surface area contributed by atoms with Crippen molar-refractivity contribution in [1.29, 1.82) is 0 Å². The molecule has 2 amide bonds. The fourth-order valence-electron chi connectivity index (χ4n) is 2.61. The van der Waals surface area contributed by atoms with Crippen LogP contribution in [0.1, 0.15) is 64.5 Å². The molecule has 1 aromatic carbocycles. The Labute approximate surface area is 146 Å². The second-order valence-corrected chi connectivity index (χ2v) is 6.50. The Hall–Kier alpha value is -1.84. The van der Waals surface area contributed by atoms with Crippen molar-refractivity contribution in [3.8, 4) is 0 Å². The zero-order valence-electron chi connectivity index (χ0n) is 15.8. The number of hydrogen-bond acceptors (Lipinski definition) is 2. The average Bonchev–Trinajstić information content (AvgIpc) is 2.56. The first-order valence-electron chi connectivity index (χ1n) is 9.08. The third-order valence-electron chi connectivity index (χ3n) is 4.32. The Morgan fingerprint density at radius 2 is 1.71 bits per heavy atom. The zero-order chi connectivity index (χ0) is 18.1. The van der Waals surface area contributed by atoms with Gasteiger partial charge in [0.1, 0.15) is 6.04 Å². The normalized spacial score (nSPS) is 13.2. The Morgan fingerprint density at radius 3 is 2.21 bits per heavy atom. The second-order valence-electron chi connectivity index (χ2n) is 6.50. The molecule has 0 aliphatic heterocycles. The molecule has 2 atom stereocenters. The number of carbonyl (C=O) groups is 2. The summed E-state index contributed by atoms with van der Waals surface area (Å²) < 4.78 is 0. The van der Waals surface area contributed by atoms with Gasteiger partial charge in [0.15, 0.2) is 0 Å². The minimum absolute atomic E-state index is 0.0456. The summed E-state index contributed by atoms with van der Waals surface area (Å²) in [5.41, 5.74) is 2.24. The summed E-state index contributed by atoms with van der Waals surface area (Å²) in [5, 5.41) is 3.02. The van der Waals surface area contributed by atoms with Crippen molar-refractivity contribution < 1.29 is 9.59 Å². The predicted octanol–water partition coefficient (Wildman–Crippen LogP) is 3.82. The van der Waals surface area contributed by atoms with Crippen LogP contribution < -0.4 is 5.32 Å². The maximum atomic E-state index is 12.6. The van der Waals surface area contributed by atoms with Crippen molar-refractivity contribution >= 4 is 11.8 Å². The predicted molar refractivity (Wildman–Crippen MR) is 98.6 cm³/mol. The van der Waals surface area contributed by atoms with Crippen molar-refractivity contribution in [2.75, 3.05) is 0 Å². The molecule has 0 saturated heterocycles. The van der Waals surface area contributed by atoms with E-state index in [2.05, 4.69) is 5.32 Å². The first-order valence-corrected chi connectivity index (χ1v) is 9.08. The number of nitrogens with one attached hydrogen (secondary N) is 1. The van der Waals surface area contributed by atoms with Crippen LogP contribution in [0, 0.1) is 6.92 Å². The highest BCUT2D eigenvalue weighted by Crippen LogP contribution is 2.15. The van der Waals surface area contributed by atoms with Crippen LogP contribution in [0.5, 0.6) is 0 Å². The van der Waals surface area contributed by atoms with Gasteiger partial charge in [-0.1, -0.05) is 50.6 Å². The number of carbonyl (C=O) groups excluding carboxylic acids is 2. The molecular formula is C20H32N2O2. The van der Waals surface area contributed by atoms with E-state index in [0.29, 0.717) is 19.4 Å². The number of nitrogens with zero attached hydrogens (tertiary/aromatic N) is 1. The smallest absolute Gasteiger partial charge is 0.243 e. The molecule has 1 aromatic rings. The van der Waals surface area contributed by atoms with Gasteiger partial charge in [0.25, 0.3) is 0 Å². The summed E-state index contributed by atoms with van der Waals surface area (Å²) in [6.07, 6.45) is 2.75. The molecule has 0 spiro atoms. The maximum absolute atomic E-state index is 12.6. The molecule has 0 bridgehead atoms. The van der Waals surface area contributed by atoms with E-state index < -0.39 is 6.04 Å². The fourth-order valence-corrected chi connectivity index (χ4v) is 2.61. The van der Waals surface area contributed by atoms with E-state index in [-0.39, 0.29) is 17.9 Å². The van der Waals surface area contributed by atoms with E-state index in [1.54, 1.807) is 4.90 Å². The van der Waals surface area contributed by atoms with E-state index in [9.17, 15) is 9.59 Å². The maximum Gasteiger partial charge on any atom is 0.243 e. The second kappa shape index (κ2) is 10.1. The van der Waals surface area contributed by atoms with Crippen LogP contribution in [0.4, 0.5) is 0 Å². The van der Waals surface area contributed by atoms with Crippen LogP contribution in [-0.2, 0) is 16.1 Å². The molecule has 4 heteroatoms. The molecule has 1 rings (SSSR count). The lowest BCUT2D eigenvalue weighted by atomic mass is 10.1. The molecule has 0 aromatic heterocycles. The van der Waals surface area contributed by atoms with Gasteiger partial charge < -0.3 is 10.2 Å². The van der Waals surface area contributed by atoms with E-state index in [1.165, 1.54) is 5.56 Å². The molecular weight excluding hydrogens is 300 g/mol. The number of amides is 2. The van der Waals surface area contributed by atoms with E-state index in [0.717, 1.165) is 18.4 Å². The van der Waals surface area contributed by atoms with Crippen LogP contribution in [0.25, 0.3) is 0 Å². The van der Waals surface area contributed by atoms with Gasteiger partial charge in [-0.15, -0.1) is 0 Å². The highest BCUT2D eigenvalue weighted by Gasteiger charge is 2.28. The largest absolute Gasteiger partial charge is 0.352 e. The van der Waals surface area contributed by atoms with Gasteiger partial charge in [0, 0.05) is 19.0 Å². The third kappa shape index (κ3) is 5.99. The van der Waals surface area contributed by atoms with Gasteiger partial charge in [0.2, 0.25) is 11.8 Å². The van der Waals surface area contributed by atoms with Crippen LogP contribution >= 0.6 is 0 Å². The summed E-state index contributed by atoms with van der Waals surface area (Å²) in [5.74, 6) is -0.00681. The van der Waals surface area contributed by atoms with Crippen LogP contribution in [-0.4, -0.2) is 28.8 Å². The van der Waals surface area contributed by atoms with Crippen molar-refractivity contribution in [3.63, 3.8) is 0 Å². The number of hydrogen-bond donors (Lipinski definition) is 1. The quantitative estimate of drug-likeness (QED) is 0.747. The Morgan fingerprint density at radius 1 is 1.08 bits per heavy atom. The highest BCUT2D eigenvalue weighted by atomic mass is 16.2. The van der Waals surface area contributed by atoms with Crippen molar-refractivity contribution in [2.45, 2.75) is 78.9 Å². The molecule has 0 fully saturated rings. The van der Waals surface area contributed by atoms with Crippen molar-refractivity contribution in [1.82, 2.24) is 10.2 Å². The third-order valence-corrected chi connectivity index (χ3v) is 4.32. The standard InChI is InChI=1S/C20H32N2O2/c1-6-9-19(23)22(14-17-12-10-15(4)11-13-17)18(8-3)20(24)21-16(5)7-2/h10-13,16,18H,6-9,14H2,1-5H3,(H,21,24)/t16-,18+/m0/s1. The summed E-state index contributed by atoms with van der Waals surface area (Å²) >= 11 is 0. The van der Waals surface area contributed by atoms with E-state index in [4.69, 9.17) is 0 Å². The number of benzene rings is 1. The average molecular weight is 332 g/mol. The molecule has 0 aliphatic rings. The molecule has 0 aliphatic carbocycles. The van der Waals surface area contributed by atoms with Gasteiger partial charge in [-0.2, -0.15) is 0 Å². The Kier molecular flexibility index (Phi) is 8.51. The van der Waals surface area contributed by atoms with Crippen LogP contribution in [0.15, 0.2) is 24.3 Å². The molecule has 0 radical (unpaired) electrons. The number of rotatable bonds is 9. The Balaban J connectivity index is 2.98. The lowest BCUT2D eigenvalue weighted by Crippen LogP contribution is -2.50. The van der Waals surface area contributed by atoms with Crippen molar-refractivity contribution in [2.24, 2.45) is 0 Å². The molecule has 0 unspecified atom stereocenters. The highest BCUT2D eigenvalue weighted by molar-refractivity contribution is 5.87. The molecule has 1 N–H and O–H groups in total. The lowest BCUT2D eigenvalue weighted by Gasteiger charge is -2.31. The van der Waals surface area contributed by atoms with Crippen molar-refractivity contribution in [3.05, 3.63) is 35.4 Å². The first-order chi connectivity index (χ1) is 11.4. The van der Waals surface area contributed by atoms with Gasteiger partial charge in [0.05, 0.1) is 0 Å². The molecule has 4 nitrogen and oxygen atoms in total. The Bertz CT molecular complexity index is 525. The van der Waals surface area contributed by atoms with Gasteiger partial charge in [-0.3, -0.25) is 9.59 Å². The topological polar surface area (TPSA) is 49.4 Å². The van der Waals surface area contributed by atoms with Crippen LogP contribution in [0.3, 0.4) is 0 Å². The summed E-state index contributed by atoms with van der Waals surface area (Å²) in [6.45, 7) is 10.5. The summed E-state index contributed by atoms with van der Waals surface area (Å²) in [7, 11) is 0. The molecule has 0 heterocycles. The SMILES string of the molecule is CCCC(=O)N(Cc1ccc(C)cc1)[C@H](CC)C(=O)N[C@@H](C)CC. The molecule has 134 valence electrons. The van der Waals surface area contributed by atoms with Gasteiger partial charge in [-0.05, 0) is 38.7 Å².